The number of aryl methyl sites for hydroxylation is 4. The van der Waals surface area contributed by atoms with Crippen LogP contribution in [-0.4, -0.2) is 15.0 Å². The Morgan fingerprint density at radius 1 is 0.769 bits per heavy atom. The lowest BCUT2D eigenvalue weighted by Crippen LogP contribution is -2.05. The van der Waals surface area contributed by atoms with Crippen molar-refractivity contribution in [1.82, 2.24) is 15.0 Å². The third-order valence-electron chi connectivity index (χ3n) is 5.33. The Kier molecular flexibility index (Phi) is 4.54. The molecule has 0 bridgehead atoms. The lowest BCUT2D eigenvalue weighted by atomic mass is 9.97. The first-order valence-electron chi connectivity index (χ1n) is 9.53. The molecule has 26 heavy (non-hydrogen) atoms. The molecule has 132 valence electrons. The van der Waals surface area contributed by atoms with Gasteiger partial charge in [-0.2, -0.15) is 0 Å². The van der Waals surface area contributed by atoms with Crippen LogP contribution in [-0.2, 0) is 12.8 Å². The Morgan fingerprint density at radius 3 is 2.42 bits per heavy atom. The predicted molar refractivity (Wildman–Crippen MR) is 106 cm³/mol. The van der Waals surface area contributed by atoms with Crippen LogP contribution in [0.25, 0.3) is 22.8 Å². The molecule has 1 aliphatic rings. The second kappa shape index (κ2) is 6.99. The second-order valence-electron chi connectivity index (χ2n) is 7.34. The van der Waals surface area contributed by atoms with E-state index in [-0.39, 0.29) is 0 Å². The third kappa shape index (κ3) is 3.26. The molecular weight excluding hydrogens is 318 g/mol. The smallest absolute Gasteiger partial charge is 0.178 e. The highest BCUT2D eigenvalue weighted by atomic mass is 14.9. The number of hydrogen-bond donors (Lipinski definition) is 0. The minimum Gasteiger partial charge on any atom is -0.250 e. The standard InChI is InChI=1S/C23H25N3/c1-15-12-13-18(14-16(15)2)22-19-9-5-4-6-10-20(19)25-23(26-22)21-11-7-8-17(3)24-21/h7-8,11-14H,4-6,9-10H2,1-3H3. The number of rotatable bonds is 2. The zero-order valence-corrected chi connectivity index (χ0v) is 15.8. The van der Waals surface area contributed by atoms with Crippen LogP contribution in [0.15, 0.2) is 36.4 Å². The fourth-order valence-corrected chi connectivity index (χ4v) is 3.68. The van der Waals surface area contributed by atoms with Crippen molar-refractivity contribution in [2.45, 2.75) is 52.9 Å². The zero-order chi connectivity index (χ0) is 18.1. The maximum atomic E-state index is 5.01. The zero-order valence-electron chi connectivity index (χ0n) is 15.8. The van der Waals surface area contributed by atoms with Gasteiger partial charge in [0.25, 0.3) is 0 Å². The summed E-state index contributed by atoms with van der Waals surface area (Å²) in [6.07, 6.45) is 5.79. The van der Waals surface area contributed by atoms with Crippen molar-refractivity contribution < 1.29 is 0 Å². The highest BCUT2D eigenvalue weighted by molar-refractivity contribution is 5.68. The summed E-state index contributed by atoms with van der Waals surface area (Å²) in [6, 6.07) is 12.7. The van der Waals surface area contributed by atoms with E-state index in [9.17, 15) is 0 Å². The summed E-state index contributed by atoms with van der Waals surface area (Å²) < 4.78 is 0. The van der Waals surface area contributed by atoms with Crippen LogP contribution in [0.5, 0.6) is 0 Å². The van der Waals surface area contributed by atoms with Crippen LogP contribution in [0.2, 0.25) is 0 Å². The predicted octanol–water partition coefficient (Wildman–Crippen LogP) is 5.40. The minimum absolute atomic E-state index is 0.752. The maximum Gasteiger partial charge on any atom is 0.178 e. The number of fused-ring (bicyclic) bond motifs is 1. The molecule has 0 atom stereocenters. The number of pyridine rings is 1. The van der Waals surface area contributed by atoms with Crippen molar-refractivity contribution in [3.8, 4) is 22.8 Å². The lowest BCUT2D eigenvalue weighted by molar-refractivity contribution is 0.709. The molecule has 0 unspecified atom stereocenters. The largest absolute Gasteiger partial charge is 0.250 e. The summed E-state index contributed by atoms with van der Waals surface area (Å²) in [5, 5.41) is 0. The van der Waals surface area contributed by atoms with E-state index in [2.05, 4.69) is 37.0 Å². The van der Waals surface area contributed by atoms with E-state index in [0.29, 0.717) is 0 Å². The number of nitrogens with zero attached hydrogens (tertiary/aromatic N) is 3. The molecule has 3 heteroatoms. The van der Waals surface area contributed by atoms with E-state index in [1.165, 1.54) is 47.2 Å². The summed E-state index contributed by atoms with van der Waals surface area (Å²) in [7, 11) is 0. The summed E-state index contributed by atoms with van der Waals surface area (Å²) in [5.74, 6) is 0.752. The van der Waals surface area contributed by atoms with E-state index in [4.69, 9.17) is 9.97 Å². The van der Waals surface area contributed by atoms with Crippen molar-refractivity contribution in [2.75, 3.05) is 0 Å². The van der Waals surface area contributed by atoms with Crippen LogP contribution in [0.1, 0.15) is 47.3 Å². The topological polar surface area (TPSA) is 38.7 Å². The van der Waals surface area contributed by atoms with Gasteiger partial charge in [0.2, 0.25) is 0 Å². The molecule has 2 aromatic heterocycles. The lowest BCUT2D eigenvalue weighted by Gasteiger charge is -2.15. The minimum atomic E-state index is 0.752. The van der Waals surface area contributed by atoms with Gasteiger partial charge in [0.1, 0.15) is 5.69 Å². The Bertz CT molecular complexity index is 960. The Labute approximate surface area is 155 Å². The molecule has 4 rings (SSSR count). The molecule has 0 N–H and O–H groups in total. The van der Waals surface area contributed by atoms with Crippen LogP contribution in [0, 0.1) is 20.8 Å². The van der Waals surface area contributed by atoms with Gasteiger partial charge < -0.3 is 0 Å². The SMILES string of the molecule is Cc1cccc(-c2nc3c(c(-c4ccc(C)c(C)c4)n2)CCCCC3)n1. The van der Waals surface area contributed by atoms with Crippen molar-refractivity contribution >= 4 is 0 Å². The fourth-order valence-electron chi connectivity index (χ4n) is 3.68. The van der Waals surface area contributed by atoms with Crippen LogP contribution in [0.4, 0.5) is 0 Å². The average molecular weight is 343 g/mol. The van der Waals surface area contributed by atoms with Gasteiger partial charge in [-0.3, -0.25) is 0 Å². The van der Waals surface area contributed by atoms with Gasteiger partial charge in [-0.05, 0) is 75.8 Å². The van der Waals surface area contributed by atoms with E-state index in [0.717, 1.165) is 35.7 Å². The van der Waals surface area contributed by atoms with Gasteiger partial charge in [0, 0.05) is 22.5 Å². The molecule has 2 heterocycles. The first-order valence-corrected chi connectivity index (χ1v) is 9.53. The van der Waals surface area contributed by atoms with Gasteiger partial charge >= 0.3 is 0 Å². The van der Waals surface area contributed by atoms with Crippen LogP contribution < -0.4 is 0 Å². The summed E-state index contributed by atoms with van der Waals surface area (Å²) in [6.45, 7) is 6.33. The number of hydrogen-bond acceptors (Lipinski definition) is 3. The van der Waals surface area contributed by atoms with Crippen molar-refractivity contribution in [1.29, 1.82) is 0 Å². The van der Waals surface area contributed by atoms with Gasteiger partial charge in [0.05, 0.1) is 5.69 Å². The first kappa shape index (κ1) is 16.9. The fraction of sp³-hybridized carbons (Fsp3) is 0.348. The molecule has 0 amide bonds. The summed E-state index contributed by atoms with van der Waals surface area (Å²) in [4.78, 5) is 14.6. The third-order valence-corrected chi connectivity index (χ3v) is 5.33. The Morgan fingerprint density at radius 2 is 1.62 bits per heavy atom. The van der Waals surface area contributed by atoms with E-state index < -0.39 is 0 Å². The highest BCUT2D eigenvalue weighted by Gasteiger charge is 2.19. The number of benzene rings is 1. The normalized spacial score (nSPS) is 14.0. The summed E-state index contributed by atoms with van der Waals surface area (Å²) in [5.41, 5.74) is 9.32. The quantitative estimate of drug-likeness (QED) is 0.585. The van der Waals surface area contributed by atoms with Gasteiger partial charge in [-0.25, -0.2) is 15.0 Å². The molecule has 0 aliphatic heterocycles. The van der Waals surface area contributed by atoms with E-state index in [1.807, 2.05) is 25.1 Å². The van der Waals surface area contributed by atoms with Gasteiger partial charge in [0.15, 0.2) is 5.82 Å². The first-order chi connectivity index (χ1) is 12.6. The average Bonchev–Trinajstić information content (AvgIpc) is 2.88. The molecule has 1 aliphatic carbocycles. The molecule has 0 saturated heterocycles. The highest BCUT2D eigenvalue weighted by Crippen LogP contribution is 2.31. The molecular formula is C23H25N3. The van der Waals surface area contributed by atoms with E-state index in [1.54, 1.807) is 0 Å². The van der Waals surface area contributed by atoms with Crippen molar-refractivity contribution in [2.24, 2.45) is 0 Å². The van der Waals surface area contributed by atoms with Crippen molar-refractivity contribution in [3.63, 3.8) is 0 Å². The van der Waals surface area contributed by atoms with Crippen LogP contribution >= 0.6 is 0 Å². The molecule has 3 nitrogen and oxygen atoms in total. The van der Waals surface area contributed by atoms with Gasteiger partial charge in [-0.1, -0.05) is 24.6 Å². The molecule has 0 spiro atoms. The molecule has 0 fully saturated rings. The van der Waals surface area contributed by atoms with Gasteiger partial charge in [-0.15, -0.1) is 0 Å². The molecule has 0 saturated carbocycles. The monoisotopic (exact) mass is 343 g/mol. The van der Waals surface area contributed by atoms with Crippen molar-refractivity contribution in [3.05, 3.63) is 64.5 Å². The number of aromatic nitrogens is 3. The molecule has 1 aromatic carbocycles. The molecule has 3 aromatic rings. The van der Waals surface area contributed by atoms with E-state index >= 15 is 0 Å². The van der Waals surface area contributed by atoms with Crippen LogP contribution in [0.3, 0.4) is 0 Å². The maximum absolute atomic E-state index is 5.01. The second-order valence-corrected chi connectivity index (χ2v) is 7.34. The molecule has 0 radical (unpaired) electrons. The summed E-state index contributed by atoms with van der Waals surface area (Å²) >= 11 is 0. The Balaban J connectivity index is 1.93. The Hall–Kier alpha value is -2.55.